The van der Waals surface area contributed by atoms with Crippen LogP contribution in [0.25, 0.3) is 5.76 Å². The van der Waals surface area contributed by atoms with Crippen LogP contribution in [-0.4, -0.2) is 86.9 Å². The fraction of sp³-hybridized carbons (Fsp3) is 0.519. The summed E-state index contributed by atoms with van der Waals surface area (Å²) >= 11 is 0. The molecule has 7 N–H and O–H groups in total. The first-order valence-corrected chi connectivity index (χ1v) is 12.9. The van der Waals surface area contributed by atoms with Gasteiger partial charge in [0.25, 0.3) is 5.91 Å². The van der Waals surface area contributed by atoms with E-state index < -0.39 is 58.0 Å². The van der Waals surface area contributed by atoms with E-state index in [1.54, 1.807) is 19.0 Å². The van der Waals surface area contributed by atoms with E-state index in [1.807, 2.05) is 0 Å². The molecule has 6 rings (SSSR count). The van der Waals surface area contributed by atoms with Gasteiger partial charge in [-0.3, -0.25) is 19.3 Å². The maximum atomic E-state index is 14.0. The van der Waals surface area contributed by atoms with Crippen molar-refractivity contribution in [1.82, 2.24) is 10.2 Å². The number of epoxide rings is 1. The van der Waals surface area contributed by atoms with Crippen molar-refractivity contribution in [2.24, 2.45) is 17.6 Å². The van der Waals surface area contributed by atoms with Crippen molar-refractivity contribution >= 4 is 23.2 Å². The molecule has 2 saturated carbocycles. The number of benzene rings is 1. The number of ketones is 2. The number of hydrogen-bond donors (Lipinski definition) is 6. The molecule has 4 aliphatic carbocycles. The van der Waals surface area contributed by atoms with Gasteiger partial charge >= 0.3 is 0 Å². The van der Waals surface area contributed by atoms with Crippen LogP contribution in [0.1, 0.15) is 47.2 Å². The number of phenolic OH excluding ortho intramolecular Hbond substituents is 1. The van der Waals surface area contributed by atoms with Gasteiger partial charge < -0.3 is 36.2 Å². The fourth-order valence-corrected chi connectivity index (χ4v) is 7.06. The van der Waals surface area contributed by atoms with Crippen LogP contribution in [0.15, 0.2) is 29.0 Å². The second-order valence-corrected chi connectivity index (χ2v) is 11.3. The Bertz CT molecular complexity index is 1360. The highest BCUT2D eigenvalue weighted by Crippen LogP contribution is 2.67. The number of amides is 1. The van der Waals surface area contributed by atoms with E-state index in [9.17, 15) is 34.8 Å². The zero-order chi connectivity index (χ0) is 27.3. The monoisotopic (exact) mass is 525 g/mol. The lowest BCUT2D eigenvalue weighted by molar-refractivity contribution is -0.127. The number of primary amides is 1. The van der Waals surface area contributed by atoms with Gasteiger partial charge in [-0.2, -0.15) is 0 Å². The number of rotatable bonds is 6. The Morgan fingerprint density at radius 3 is 2.53 bits per heavy atom. The molecule has 202 valence electrons. The molecule has 1 aromatic rings. The Kier molecular flexibility index (Phi) is 5.36. The molecule has 1 aromatic carbocycles. The van der Waals surface area contributed by atoms with Gasteiger partial charge in [0.2, 0.25) is 11.6 Å². The summed E-state index contributed by atoms with van der Waals surface area (Å²) in [5.41, 5.74) is 3.73. The smallest absolute Gasteiger partial charge is 0.253 e. The number of Topliss-reactive ketones (excluding diaryl/α,β-unsaturated/α-hetero) is 2. The molecule has 0 aromatic heterocycles. The minimum absolute atomic E-state index is 0.00613. The van der Waals surface area contributed by atoms with E-state index in [0.29, 0.717) is 17.2 Å². The Labute approximate surface area is 218 Å². The largest absolute Gasteiger partial charge is 0.510 e. The minimum atomic E-state index is -2.43. The van der Waals surface area contributed by atoms with Crippen LogP contribution in [0.3, 0.4) is 0 Å². The maximum Gasteiger partial charge on any atom is 0.253 e. The van der Waals surface area contributed by atoms with Gasteiger partial charge in [0, 0.05) is 23.1 Å². The maximum absolute atomic E-state index is 14.0. The predicted octanol–water partition coefficient (Wildman–Crippen LogP) is 0.446. The van der Waals surface area contributed by atoms with Gasteiger partial charge in [0.1, 0.15) is 22.8 Å². The van der Waals surface area contributed by atoms with E-state index in [1.165, 1.54) is 12.1 Å². The van der Waals surface area contributed by atoms with E-state index in [2.05, 4.69) is 5.32 Å². The number of nitrogens with one attached hydrogen (secondary N) is 1. The Morgan fingerprint density at radius 2 is 1.92 bits per heavy atom. The first-order valence-electron chi connectivity index (χ1n) is 12.9. The summed E-state index contributed by atoms with van der Waals surface area (Å²) in [6.07, 6.45) is 3.52. The van der Waals surface area contributed by atoms with Crippen LogP contribution in [0, 0.1) is 11.8 Å². The molecule has 11 heteroatoms. The summed E-state index contributed by atoms with van der Waals surface area (Å²) in [6, 6.07) is 2.28. The lowest BCUT2D eigenvalue weighted by Crippen LogP contribution is -2.60. The molecule has 1 amide bonds. The number of aliphatic hydroxyl groups is 3. The first-order chi connectivity index (χ1) is 17.9. The highest BCUT2D eigenvalue weighted by atomic mass is 16.8. The zero-order valence-electron chi connectivity index (χ0n) is 21.2. The molecule has 11 nitrogen and oxygen atoms in total. The Hall–Kier alpha value is -3.25. The Morgan fingerprint density at radius 1 is 1.21 bits per heavy atom. The van der Waals surface area contributed by atoms with Crippen molar-refractivity contribution in [2.45, 2.75) is 55.6 Å². The number of carbonyl (C=O) groups excluding carboxylic acids is 3. The van der Waals surface area contributed by atoms with Gasteiger partial charge in [-0.05, 0) is 63.4 Å². The van der Waals surface area contributed by atoms with Crippen molar-refractivity contribution in [1.29, 1.82) is 0 Å². The van der Waals surface area contributed by atoms with E-state index in [4.69, 9.17) is 10.5 Å². The van der Waals surface area contributed by atoms with Crippen LogP contribution < -0.4 is 11.1 Å². The fourth-order valence-electron chi connectivity index (χ4n) is 7.06. The predicted molar refractivity (Wildman–Crippen MR) is 133 cm³/mol. The number of phenols is 1. The number of fused-ring (bicyclic) bond motifs is 2. The van der Waals surface area contributed by atoms with Crippen LogP contribution in [0.5, 0.6) is 5.75 Å². The lowest BCUT2D eigenvalue weighted by Gasteiger charge is -2.46. The van der Waals surface area contributed by atoms with Crippen molar-refractivity contribution in [3.05, 3.63) is 45.7 Å². The second-order valence-electron chi connectivity index (χ2n) is 11.3. The number of ether oxygens (including phenoxy) is 1. The quantitative estimate of drug-likeness (QED) is 0.225. The van der Waals surface area contributed by atoms with Gasteiger partial charge in [-0.15, -0.1) is 0 Å². The summed E-state index contributed by atoms with van der Waals surface area (Å²) < 4.78 is 5.63. The average Bonchev–Trinajstić information content (AvgIpc) is 3.43. The summed E-state index contributed by atoms with van der Waals surface area (Å²) in [7, 11) is 3.32. The van der Waals surface area contributed by atoms with Crippen molar-refractivity contribution in [2.75, 3.05) is 20.6 Å². The van der Waals surface area contributed by atoms with Crippen molar-refractivity contribution in [3.8, 4) is 5.75 Å². The van der Waals surface area contributed by atoms with Gasteiger partial charge in [-0.25, -0.2) is 0 Å². The number of hydrogen-bond acceptors (Lipinski definition) is 10. The SMILES string of the molecule is CN(C)[C@@H]1C(O)=C(C(N)=O)C2(O)O[C@@]23C(=O)C2=C(O)c4c(O)ccc(C(=O)CNC5CCC5)c4C[C@H]2C[C@@H]13. The molecule has 1 spiro atoms. The molecule has 1 saturated heterocycles. The molecule has 5 atom stereocenters. The number of aliphatic hydroxyl groups excluding tert-OH is 2. The summed E-state index contributed by atoms with van der Waals surface area (Å²) in [5.74, 6) is -7.05. The summed E-state index contributed by atoms with van der Waals surface area (Å²) in [6.45, 7) is 0.118. The molecular formula is C27H31N3O8. The van der Waals surface area contributed by atoms with Gasteiger partial charge in [-0.1, -0.05) is 6.42 Å². The van der Waals surface area contributed by atoms with Gasteiger partial charge in [0.05, 0.1) is 18.2 Å². The molecule has 0 radical (unpaired) electrons. The minimum Gasteiger partial charge on any atom is -0.510 e. The molecule has 3 fully saturated rings. The number of nitrogens with zero attached hydrogens (tertiary/aromatic N) is 1. The second kappa shape index (κ2) is 8.12. The lowest BCUT2D eigenvalue weighted by atomic mass is 9.58. The standard InChI is InChI=1S/C27H31N3O8/c1-30(2)21-15-9-11-8-14-13(17(32)10-29-12-4-3-5-12)6-7-16(31)19(14)22(33)18(11)24(35)26(15)27(37,38-26)20(23(21)34)25(28)36/h6-7,11-12,15,21,29,31,33-34,37H,3-5,8-10H2,1-2H3,(H2,28,36)/t11-,15-,21-,26-,27?/m0/s1. The molecule has 38 heavy (non-hydrogen) atoms. The molecular weight excluding hydrogens is 494 g/mol. The number of aromatic hydroxyl groups is 1. The first kappa shape index (κ1) is 25.1. The van der Waals surface area contributed by atoms with E-state index in [0.717, 1.165) is 19.3 Å². The number of likely N-dealkylation sites (N-methyl/N-ethyl adjacent to an activating group) is 1. The highest BCUT2D eigenvalue weighted by molar-refractivity contribution is 6.14. The van der Waals surface area contributed by atoms with Crippen LogP contribution in [0.2, 0.25) is 0 Å². The summed E-state index contributed by atoms with van der Waals surface area (Å²) in [4.78, 5) is 41.1. The van der Waals surface area contributed by atoms with Crippen molar-refractivity contribution in [3.63, 3.8) is 0 Å². The highest BCUT2D eigenvalue weighted by Gasteiger charge is 2.85. The molecule has 1 heterocycles. The molecule has 5 aliphatic rings. The molecule has 0 bridgehead atoms. The normalized spacial score (nSPS) is 33.8. The average molecular weight is 526 g/mol. The van der Waals surface area contributed by atoms with Crippen LogP contribution in [0.4, 0.5) is 0 Å². The molecule has 1 unspecified atom stereocenters. The topological polar surface area (TPSA) is 186 Å². The van der Waals surface area contributed by atoms with E-state index >= 15 is 0 Å². The molecule has 1 aliphatic heterocycles. The van der Waals surface area contributed by atoms with Crippen molar-refractivity contribution < 1.29 is 39.5 Å². The van der Waals surface area contributed by atoms with Crippen LogP contribution >= 0.6 is 0 Å². The zero-order valence-corrected chi connectivity index (χ0v) is 21.2. The summed E-state index contributed by atoms with van der Waals surface area (Å²) in [5, 5.41) is 47.5. The third-order valence-electron chi connectivity index (χ3n) is 9.07. The van der Waals surface area contributed by atoms with E-state index in [-0.39, 0.29) is 42.1 Å². The Balaban J connectivity index is 1.44. The number of nitrogens with two attached hydrogens (primary N) is 1. The third kappa shape index (κ3) is 3.07. The van der Waals surface area contributed by atoms with Gasteiger partial charge in [0.15, 0.2) is 11.4 Å². The van der Waals surface area contributed by atoms with Crippen LogP contribution in [-0.2, 0) is 20.7 Å². The third-order valence-corrected chi connectivity index (χ3v) is 9.07. The number of carbonyl (C=O) groups is 3.